The van der Waals surface area contributed by atoms with Crippen molar-refractivity contribution in [3.63, 3.8) is 0 Å². The Morgan fingerprint density at radius 1 is 1.16 bits per heavy atom. The first-order valence-electron chi connectivity index (χ1n) is 7.04. The van der Waals surface area contributed by atoms with Gasteiger partial charge in [-0.05, 0) is 23.8 Å². The standard InChI is InChI=1S/C16H13F3N2O3S/c17-16(18,19)12-2-1-3-13(8-12)20-15(22)10-25-9-11-4-6-14(7-5-11)21(23)24/h1-8H,9-10H2,(H,20,22). The summed E-state index contributed by atoms with van der Waals surface area (Å²) in [7, 11) is 0. The van der Waals surface area contributed by atoms with Crippen molar-refractivity contribution in [3.05, 3.63) is 69.8 Å². The first-order valence-corrected chi connectivity index (χ1v) is 8.19. The van der Waals surface area contributed by atoms with Crippen LogP contribution in [0.3, 0.4) is 0 Å². The summed E-state index contributed by atoms with van der Waals surface area (Å²) in [4.78, 5) is 21.9. The Balaban J connectivity index is 1.84. The quantitative estimate of drug-likeness (QED) is 0.601. The van der Waals surface area contributed by atoms with Gasteiger partial charge in [0.25, 0.3) is 5.69 Å². The zero-order chi connectivity index (χ0) is 18.4. The summed E-state index contributed by atoms with van der Waals surface area (Å²) in [6, 6.07) is 10.3. The molecule has 0 spiro atoms. The van der Waals surface area contributed by atoms with Crippen molar-refractivity contribution in [2.24, 2.45) is 0 Å². The van der Waals surface area contributed by atoms with Crippen LogP contribution < -0.4 is 5.32 Å². The molecule has 0 unspecified atom stereocenters. The Kier molecular flexibility index (Phi) is 6.02. The maximum atomic E-state index is 12.6. The number of nitro groups is 1. The van der Waals surface area contributed by atoms with Crippen molar-refractivity contribution in [2.45, 2.75) is 11.9 Å². The van der Waals surface area contributed by atoms with Crippen LogP contribution in [-0.2, 0) is 16.7 Å². The topological polar surface area (TPSA) is 72.2 Å². The van der Waals surface area contributed by atoms with E-state index >= 15 is 0 Å². The summed E-state index contributed by atoms with van der Waals surface area (Å²) >= 11 is 1.25. The number of rotatable bonds is 6. The van der Waals surface area contributed by atoms with E-state index in [1.807, 2.05) is 0 Å². The van der Waals surface area contributed by atoms with E-state index in [0.29, 0.717) is 5.75 Å². The van der Waals surface area contributed by atoms with E-state index in [9.17, 15) is 28.1 Å². The highest BCUT2D eigenvalue weighted by Gasteiger charge is 2.30. The van der Waals surface area contributed by atoms with Gasteiger partial charge < -0.3 is 5.32 Å². The fourth-order valence-electron chi connectivity index (χ4n) is 1.95. The average Bonchev–Trinajstić information content (AvgIpc) is 2.55. The Labute approximate surface area is 145 Å². The largest absolute Gasteiger partial charge is 0.416 e. The molecule has 2 aromatic carbocycles. The Morgan fingerprint density at radius 3 is 2.44 bits per heavy atom. The molecule has 0 aliphatic carbocycles. The molecule has 0 aliphatic rings. The van der Waals surface area contributed by atoms with Crippen molar-refractivity contribution < 1.29 is 22.9 Å². The maximum absolute atomic E-state index is 12.6. The van der Waals surface area contributed by atoms with Crippen LogP contribution in [0.5, 0.6) is 0 Å². The summed E-state index contributed by atoms with van der Waals surface area (Å²) in [5, 5.41) is 13.0. The third-order valence-corrected chi connectivity index (χ3v) is 4.13. The van der Waals surface area contributed by atoms with Crippen LogP contribution in [0.2, 0.25) is 0 Å². The number of benzene rings is 2. The number of hydrogen-bond acceptors (Lipinski definition) is 4. The number of anilines is 1. The molecule has 1 amide bonds. The minimum atomic E-state index is -4.47. The van der Waals surface area contributed by atoms with Crippen molar-refractivity contribution in [1.29, 1.82) is 0 Å². The minimum absolute atomic E-state index is 0.0176. The lowest BCUT2D eigenvalue weighted by molar-refractivity contribution is -0.384. The molecule has 0 aliphatic heterocycles. The molecule has 132 valence electrons. The van der Waals surface area contributed by atoms with Crippen molar-refractivity contribution in [1.82, 2.24) is 0 Å². The number of hydrogen-bond donors (Lipinski definition) is 1. The fourth-order valence-corrected chi connectivity index (χ4v) is 2.73. The summed E-state index contributed by atoms with van der Waals surface area (Å²) in [5.74, 6) is 0.0764. The molecule has 0 saturated heterocycles. The van der Waals surface area contributed by atoms with Crippen molar-refractivity contribution in [2.75, 3.05) is 11.1 Å². The molecule has 0 fully saturated rings. The number of carbonyl (C=O) groups is 1. The maximum Gasteiger partial charge on any atom is 0.416 e. The second kappa shape index (κ2) is 8.02. The van der Waals surface area contributed by atoms with Gasteiger partial charge in [0, 0.05) is 23.6 Å². The Hall–Kier alpha value is -2.55. The first kappa shape index (κ1) is 18.8. The number of non-ortho nitro benzene ring substituents is 1. The molecule has 0 aromatic heterocycles. The van der Waals surface area contributed by atoms with Crippen LogP contribution in [0.1, 0.15) is 11.1 Å². The second-order valence-electron chi connectivity index (χ2n) is 5.04. The number of thioether (sulfide) groups is 1. The van der Waals surface area contributed by atoms with Crippen LogP contribution >= 0.6 is 11.8 Å². The monoisotopic (exact) mass is 370 g/mol. The van der Waals surface area contributed by atoms with E-state index in [-0.39, 0.29) is 17.1 Å². The summed E-state index contributed by atoms with van der Waals surface area (Å²) < 4.78 is 37.8. The Bertz CT molecular complexity index is 764. The molecule has 2 rings (SSSR count). The van der Waals surface area contributed by atoms with E-state index in [1.54, 1.807) is 12.1 Å². The van der Waals surface area contributed by atoms with E-state index in [0.717, 1.165) is 17.7 Å². The second-order valence-corrected chi connectivity index (χ2v) is 6.03. The predicted molar refractivity (Wildman–Crippen MR) is 89.3 cm³/mol. The van der Waals surface area contributed by atoms with Gasteiger partial charge in [-0.15, -0.1) is 11.8 Å². The Morgan fingerprint density at radius 2 is 1.84 bits per heavy atom. The SMILES string of the molecule is O=C(CSCc1ccc([N+](=O)[O-])cc1)Nc1cccc(C(F)(F)F)c1. The van der Waals surface area contributed by atoms with Gasteiger partial charge in [0.2, 0.25) is 5.91 Å². The highest BCUT2D eigenvalue weighted by molar-refractivity contribution is 7.99. The summed E-state index contributed by atoms with van der Waals surface area (Å²) in [6.45, 7) is 0. The van der Waals surface area contributed by atoms with Gasteiger partial charge in [0.05, 0.1) is 16.2 Å². The zero-order valence-corrected chi connectivity index (χ0v) is 13.6. The van der Waals surface area contributed by atoms with Gasteiger partial charge in [-0.1, -0.05) is 18.2 Å². The highest BCUT2D eigenvalue weighted by Crippen LogP contribution is 2.30. The molecular formula is C16H13F3N2O3S. The van der Waals surface area contributed by atoms with Crippen molar-refractivity contribution in [3.8, 4) is 0 Å². The number of alkyl halides is 3. The highest BCUT2D eigenvalue weighted by atomic mass is 32.2. The van der Waals surface area contributed by atoms with Gasteiger partial charge in [0.1, 0.15) is 0 Å². The molecular weight excluding hydrogens is 357 g/mol. The number of halogens is 3. The molecule has 1 N–H and O–H groups in total. The number of carbonyl (C=O) groups excluding carboxylic acids is 1. The first-order chi connectivity index (χ1) is 11.8. The lowest BCUT2D eigenvalue weighted by Gasteiger charge is -2.09. The summed E-state index contributed by atoms with van der Waals surface area (Å²) in [5.41, 5.74) is 0.0399. The van der Waals surface area contributed by atoms with E-state index in [4.69, 9.17) is 0 Å². The number of nitro benzene ring substituents is 1. The smallest absolute Gasteiger partial charge is 0.325 e. The van der Waals surface area contributed by atoms with Crippen molar-refractivity contribution >= 4 is 29.0 Å². The minimum Gasteiger partial charge on any atom is -0.325 e. The molecule has 0 saturated carbocycles. The van der Waals surface area contributed by atoms with Crippen LogP contribution in [0, 0.1) is 10.1 Å². The molecule has 9 heteroatoms. The number of nitrogens with zero attached hydrogens (tertiary/aromatic N) is 1. The van der Waals surface area contributed by atoms with Crippen LogP contribution in [0.15, 0.2) is 48.5 Å². The van der Waals surface area contributed by atoms with Gasteiger partial charge in [0.15, 0.2) is 0 Å². The molecule has 0 bridgehead atoms. The van der Waals surface area contributed by atoms with Crippen LogP contribution in [0.4, 0.5) is 24.5 Å². The average molecular weight is 370 g/mol. The van der Waals surface area contributed by atoms with Gasteiger partial charge >= 0.3 is 6.18 Å². The molecule has 25 heavy (non-hydrogen) atoms. The van der Waals surface area contributed by atoms with E-state index < -0.39 is 22.6 Å². The van der Waals surface area contributed by atoms with Crippen LogP contribution in [-0.4, -0.2) is 16.6 Å². The van der Waals surface area contributed by atoms with Gasteiger partial charge in [-0.2, -0.15) is 13.2 Å². The molecule has 0 radical (unpaired) electrons. The van der Waals surface area contributed by atoms with Gasteiger partial charge in [-0.25, -0.2) is 0 Å². The summed E-state index contributed by atoms with van der Waals surface area (Å²) in [6.07, 6.45) is -4.47. The fraction of sp³-hybridized carbons (Fsp3) is 0.188. The lowest BCUT2D eigenvalue weighted by Crippen LogP contribution is -2.15. The third-order valence-electron chi connectivity index (χ3n) is 3.12. The van der Waals surface area contributed by atoms with E-state index in [2.05, 4.69) is 5.32 Å². The molecule has 0 atom stereocenters. The lowest BCUT2D eigenvalue weighted by atomic mass is 10.2. The zero-order valence-electron chi connectivity index (χ0n) is 12.7. The molecule has 2 aromatic rings. The predicted octanol–water partition coefficient (Wildman–Crippen LogP) is 4.49. The van der Waals surface area contributed by atoms with Gasteiger partial charge in [-0.3, -0.25) is 14.9 Å². The molecule has 0 heterocycles. The number of nitrogens with one attached hydrogen (secondary N) is 1. The molecule has 5 nitrogen and oxygen atoms in total. The van der Waals surface area contributed by atoms with E-state index in [1.165, 1.54) is 36.0 Å². The third kappa shape index (κ3) is 5.79. The number of amides is 1. The normalized spacial score (nSPS) is 11.2. The van der Waals surface area contributed by atoms with Crippen LogP contribution in [0.25, 0.3) is 0 Å².